The maximum absolute atomic E-state index is 12.4. The standard InChI is InChI=1S/C21H24N2O5/c1-12-8-9-17(13(2)10-12)22-19(25)14(3)28-18(24)11-23-20(26)15-6-4-5-7-16(15)21(23)27/h4-5,8-10,14-16H,6-7,11H2,1-3H3,(H,22,25)/t14-,15-,16-/m0/s1. The SMILES string of the molecule is Cc1ccc(NC(=O)[C@H](C)OC(=O)CN2C(=O)[C@H]3CC=CC[C@@H]3C2=O)c(C)c1. The van der Waals surface area contributed by atoms with Crippen molar-refractivity contribution in [3.8, 4) is 0 Å². The Morgan fingerprint density at radius 2 is 1.75 bits per heavy atom. The summed E-state index contributed by atoms with van der Waals surface area (Å²) in [5.41, 5.74) is 2.61. The van der Waals surface area contributed by atoms with Crippen molar-refractivity contribution in [2.45, 2.75) is 39.7 Å². The third kappa shape index (κ3) is 3.98. The van der Waals surface area contributed by atoms with E-state index in [9.17, 15) is 19.2 Å². The topological polar surface area (TPSA) is 92.8 Å². The molecule has 3 atom stereocenters. The number of nitrogens with one attached hydrogen (secondary N) is 1. The number of nitrogens with zero attached hydrogens (tertiary/aromatic N) is 1. The Labute approximate surface area is 163 Å². The van der Waals surface area contributed by atoms with Crippen LogP contribution < -0.4 is 5.32 Å². The van der Waals surface area contributed by atoms with Crippen LogP contribution in [0.5, 0.6) is 0 Å². The van der Waals surface area contributed by atoms with Gasteiger partial charge >= 0.3 is 5.97 Å². The molecule has 1 fully saturated rings. The normalized spacial score (nSPS) is 22.0. The van der Waals surface area contributed by atoms with Gasteiger partial charge in [-0.3, -0.25) is 24.1 Å². The second kappa shape index (κ2) is 7.96. The van der Waals surface area contributed by atoms with Gasteiger partial charge in [-0.25, -0.2) is 0 Å². The van der Waals surface area contributed by atoms with Crippen molar-refractivity contribution in [1.29, 1.82) is 0 Å². The van der Waals surface area contributed by atoms with Crippen LogP contribution in [-0.4, -0.2) is 41.2 Å². The summed E-state index contributed by atoms with van der Waals surface area (Å²) in [6.07, 6.45) is 3.73. The van der Waals surface area contributed by atoms with Crippen molar-refractivity contribution in [2.24, 2.45) is 11.8 Å². The molecule has 0 bridgehead atoms. The molecule has 1 aromatic carbocycles. The number of fused-ring (bicyclic) bond motifs is 1. The van der Waals surface area contributed by atoms with E-state index >= 15 is 0 Å². The lowest BCUT2D eigenvalue weighted by atomic mass is 9.85. The average Bonchev–Trinajstić information content (AvgIpc) is 2.89. The van der Waals surface area contributed by atoms with Gasteiger partial charge in [0.2, 0.25) is 11.8 Å². The van der Waals surface area contributed by atoms with Crippen LogP contribution in [0, 0.1) is 25.7 Å². The fraction of sp³-hybridized carbons (Fsp3) is 0.429. The fourth-order valence-corrected chi connectivity index (χ4v) is 3.63. The fourth-order valence-electron chi connectivity index (χ4n) is 3.63. The van der Waals surface area contributed by atoms with Gasteiger partial charge in [0.1, 0.15) is 6.54 Å². The van der Waals surface area contributed by atoms with E-state index in [-0.39, 0.29) is 11.8 Å². The molecule has 7 nitrogen and oxygen atoms in total. The van der Waals surface area contributed by atoms with Gasteiger partial charge in [-0.05, 0) is 45.2 Å². The molecule has 1 saturated heterocycles. The molecular formula is C21H24N2O5. The first-order valence-electron chi connectivity index (χ1n) is 9.35. The van der Waals surface area contributed by atoms with E-state index in [0.717, 1.165) is 16.0 Å². The first kappa shape index (κ1) is 19.8. The van der Waals surface area contributed by atoms with Crippen molar-refractivity contribution in [3.05, 3.63) is 41.5 Å². The van der Waals surface area contributed by atoms with E-state index in [1.807, 2.05) is 38.1 Å². The number of carbonyl (C=O) groups is 4. The Hall–Kier alpha value is -2.96. The van der Waals surface area contributed by atoms with Crippen molar-refractivity contribution in [2.75, 3.05) is 11.9 Å². The largest absolute Gasteiger partial charge is 0.451 e. The molecule has 7 heteroatoms. The van der Waals surface area contributed by atoms with Crippen LogP contribution in [0.15, 0.2) is 30.4 Å². The second-order valence-electron chi connectivity index (χ2n) is 7.36. The highest BCUT2D eigenvalue weighted by Crippen LogP contribution is 2.34. The molecule has 0 spiro atoms. The molecule has 1 heterocycles. The minimum atomic E-state index is -1.05. The van der Waals surface area contributed by atoms with E-state index < -0.39 is 36.4 Å². The molecule has 1 aliphatic heterocycles. The summed E-state index contributed by atoms with van der Waals surface area (Å²) in [6.45, 7) is 4.81. The number of imide groups is 1. The Bertz CT molecular complexity index is 834. The van der Waals surface area contributed by atoms with Gasteiger partial charge in [-0.2, -0.15) is 0 Å². The minimum Gasteiger partial charge on any atom is -0.451 e. The molecule has 1 aromatic rings. The van der Waals surface area contributed by atoms with E-state index in [4.69, 9.17) is 4.74 Å². The number of allylic oxidation sites excluding steroid dienone is 2. The van der Waals surface area contributed by atoms with Crippen LogP contribution in [0.3, 0.4) is 0 Å². The quantitative estimate of drug-likeness (QED) is 0.477. The number of amides is 3. The summed E-state index contributed by atoms with van der Waals surface area (Å²) in [4.78, 5) is 50.3. The van der Waals surface area contributed by atoms with Crippen LogP contribution in [-0.2, 0) is 23.9 Å². The van der Waals surface area contributed by atoms with Crippen molar-refractivity contribution < 1.29 is 23.9 Å². The van der Waals surface area contributed by atoms with Gasteiger partial charge in [0.25, 0.3) is 5.91 Å². The number of esters is 1. The predicted molar refractivity (Wildman–Crippen MR) is 102 cm³/mol. The van der Waals surface area contributed by atoms with Crippen LogP contribution in [0.4, 0.5) is 5.69 Å². The lowest BCUT2D eigenvalue weighted by Gasteiger charge is -2.17. The van der Waals surface area contributed by atoms with E-state index in [2.05, 4.69) is 5.32 Å². The zero-order chi connectivity index (χ0) is 20.4. The van der Waals surface area contributed by atoms with Crippen LogP contribution in [0.1, 0.15) is 30.9 Å². The van der Waals surface area contributed by atoms with Crippen LogP contribution in [0.25, 0.3) is 0 Å². The molecule has 28 heavy (non-hydrogen) atoms. The highest BCUT2D eigenvalue weighted by molar-refractivity contribution is 6.07. The third-order valence-corrected chi connectivity index (χ3v) is 5.20. The molecule has 2 aliphatic rings. The number of carbonyl (C=O) groups excluding carboxylic acids is 4. The van der Waals surface area contributed by atoms with Gasteiger partial charge in [0, 0.05) is 5.69 Å². The Balaban J connectivity index is 1.56. The summed E-state index contributed by atoms with van der Waals surface area (Å²) in [5.74, 6) is -2.73. The van der Waals surface area contributed by atoms with Gasteiger partial charge in [0.15, 0.2) is 6.10 Å². The summed E-state index contributed by atoms with van der Waals surface area (Å²) in [5, 5.41) is 2.72. The number of benzene rings is 1. The Morgan fingerprint density at radius 1 is 1.14 bits per heavy atom. The summed E-state index contributed by atoms with van der Waals surface area (Å²) in [6, 6.07) is 5.60. The molecule has 0 aromatic heterocycles. The zero-order valence-corrected chi connectivity index (χ0v) is 16.2. The molecule has 0 unspecified atom stereocenters. The van der Waals surface area contributed by atoms with Gasteiger partial charge in [-0.15, -0.1) is 0 Å². The number of aryl methyl sites for hydroxylation is 2. The lowest BCUT2D eigenvalue weighted by molar-refractivity contribution is -0.158. The summed E-state index contributed by atoms with van der Waals surface area (Å²) in [7, 11) is 0. The van der Waals surface area contributed by atoms with Gasteiger partial charge in [0.05, 0.1) is 11.8 Å². The molecule has 148 valence electrons. The molecule has 0 radical (unpaired) electrons. The van der Waals surface area contributed by atoms with Crippen molar-refractivity contribution >= 4 is 29.4 Å². The molecule has 0 saturated carbocycles. The Kier molecular flexibility index (Phi) is 5.63. The van der Waals surface area contributed by atoms with Crippen molar-refractivity contribution in [3.63, 3.8) is 0 Å². The summed E-state index contributed by atoms with van der Waals surface area (Å²) >= 11 is 0. The zero-order valence-electron chi connectivity index (χ0n) is 16.2. The van der Waals surface area contributed by atoms with Gasteiger partial charge < -0.3 is 10.1 Å². The number of likely N-dealkylation sites (tertiary alicyclic amines) is 1. The number of rotatable bonds is 5. The number of ether oxygens (including phenoxy) is 1. The molecule has 1 N–H and O–H groups in total. The van der Waals surface area contributed by atoms with Gasteiger partial charge in [-0.1, -0.05) is 29.8 Å². The second-order valence-corrected chi connectivity index (χ2v) is 7.36. The van der Waals surface area contributed by atoms with E-state index in [0.29, 0.717) is 18.5 Å². The maximum atomic E-state index is 12.4. The Morgan fingerprint density at radius 3 is 2.32 bits per heavy atom. The molecule has 3 amide bonds. The molecule has 3 rings (SSSR count). The highest BCUT2D eigenvalue weighted by atomic mass is 16.5. The number of anilines is 1. The summed E-state index contributed by atoms with van der Waals surface area (Å²) < 4.78 is 5.15. The number of hydrogen-bond acceptors (Lipinski definition) is 5. The maximum Gasteiger partial charge on any atom is 0.326 e. The molecular weight excluding hydrogens is 360 g/mol. The smallest absolute Gasteiger partial charge is 0.326 e. The number of hydrogen-bond donors (Lipinski definition) is 1. The predicted octanol–water partition coefficient (Wildman–Crippen LogP) is 2.12. The first-order valence-corrected chi connectivity index (χ1v) is 9.35. The van der Waals surface area contributed by atoms with E-state index in [1.54, 1.807) is 6.07 Å². The lowest BCUT2D eigenvalue weighted by Crippen LogP contribution is -2.39. The van der Waals surface area contributed by atoms with Crippen LogP contribution in [0.2, 0.25) is 0 Å². The van der Waals surface area contributed by atoms with Crippen LogP contribution >= 0.6 is 0 Å². The third-order valence-electron chi connectivity index (χ3n) is 5.20. The monoisotopic (exact) mass is 384 g/mol. The first-order chi connectivity index (χ1) is 13.3. The minimum absolute atomic E-state index is 0.344. The average molecular weight is 384 g/mol. The van der Waals surface area contributed by atoms with Crippen molar-refractivity contribution in [1.82, 2.24) is 4.90 Å². The highest BCUT2D eigenvalue weighted by Gasteiger charge is 2.47. The molecule has 1 aliphatic carbocycles. The van der Waals surface area contributed by atoms with E-state index in [1.165, 1.54) is 6.92 Å².